The summed E-state index contributed by atoms with van der Waals surface area (Å²) in [5.74, 6) is -2.64. The molecule has 3 aromatic rings. The number of imidazole rings is 1. The van der Waals surface area contributed by atoms with Gasteiger partial charge in [0.1, 0.15) is 17.4 Å². The molecule has 0 bridgehead atoms. The molecule has 13 nitrogen and oxygen atoms in total. The number of anilines is 1. The maximum atomic E-state index is 13.1. The number of benzene rings is 1. The second-order valence-corrected chi connectivity index (χ2v) is 8.71. The largest absolute Gasteiger partial charge is 0.384 e. The highest BCUT2D eigenvalue weighted by Crippen LogP contribution is 2.32. The number of aromatic amines is 1. The number of amides is 5. The highest BCUT2D eigenvalue weighted by atomic mass is 16.2. The molecule has 1 unspecified atom stereocenters. The van der Waals surface area contributed by atoms with Gasteiger partial charge in [-0.05, 0) is 31.4 Å². The van der Waals surface area contributed by atoms with Crippen LogP contribution in [0, 0.1) is 0 Å². The monoisotopic (exact) mass is 505 g/mol. The molecule has 5 amide bonds. The molecule has 2 aliphatic heterocycles. The molecule has 4 N–H and O–H groups in total. The summed E-state index contributed by atoms with van der Waals surface area (Å²) >= 11 is 0. The number of imide groups is 2. The van der Waals surface area contributed by atoms with Crippen LogP contribution in [0.3, 0.4) is 0 Å². The van der Waals surface area contributed by atoms with E-state index in [1.165, 1.54) is 28.9 Å². The van der Waals surface area contributed by atoms with E-state index in [0.717, 1.165) is 4.90 Å². The molecule has 4 heterocycles. The third kappa shape index (κ3) is 4.46. The zero-order valence-corrected chi connectivity index (χ0v) is 19.6. The molecule has 1 fully saturated rings. The first kappa shape index (κ1) is 23.9. The summed E-state index contributed by atoms with van der Waals surface area (Å²) in [6, 6.07) is 5.34. The molecule has 1 saturated heterocycles. The average Bonchev–Trinajstić information content (AvgIpc) is 3.45. The Morgan fingerprint density at radius 3 is 2.70 bits per heavy atom. The molecule has 190 valence electrons. The Bertz CT molecular complexity index is 1510. The van der Waals surface area contributed by atoms with Gasteiger partial charge in [-0.25, -0.2) is 9.78 Å². The third-order valence-corrected chi connectivity index (χ3v) is 6.32. The summed E-state index contributed by atoms with van der Waals surface area (Å²) in [5.41, 5.74) is 0.909. The lowest BCUT2D eigenvalue weighted by Gasteiger charge is -2.27. The quantitative estimate of drug-likeness (QED) is 0.245. The number of piperidine rings is 1. The van der Waals surface area contributed by atoms with Gasteiger partial charge in [-0.3, -0.25) is 38.6 Å². The van der Waals surface area contributed by atoms with E-state index >= 15 is 0 Å². The van der Waals surface area contributed by atoms with Crippen molar-refractivity contribution in [3.63, 3.8) is 0 Å². The van der Waals surface area contributed by atoms with E-state index < -0.39 is 41.3 Å². The minimum atomic E-state index is -1.02. The zero-order chi connectivity index (χ0) is 26.1. The average molecular weight is 505 g/mol. The first-order valence-electron chi connectivity index (χ1n) is 11.8. The van der Waals surface area contributed by atoms with Gasteiger partial charge in [0, 0.05) is 43.7 Å². The second kappa shape index (κ2) is 9.68. The van der Waals surface area contributed by atoms with Crippen molar-refractivity contribution in [2.24, 2.45) is 0 Å². The lowest BCUT2D eigenvalue weighted by Crippen LogP contribution is -2.54. The number of H-pyrrole nitrogens is 1. The van der Waals surface area contributed by atoms with Crippen LogP contribution in [0.2, 0.25) is 0 Å². The number of unbranched alkanes of at least 4 members (excludes halogenated alkanes) is 1. The number of hydrogen-bond acceptors (Lipinski definition) is 8. The maximum absolute atomic E-state index is 13.1. The highest BCUT2D eigenvalue weighted by Gasteiger charge is 2.45. The second-order valence-electron chi connectivity index (χ2n) is 8.71. The standard InChI is InChI=1S/C24H23N7O6/c32-18-7-6-16(21(34)29-18)31-22(35)13-4-3-5-14(19(13)23(31)36)25-8-1-2-9-27-20(33)15-12-17-26-10-11-30(17)24(37)28-15/h3-5,10-12,16,25H,1-2,6-9H2,(H,27,33)(H,28,37)(H,29,32,34). The fourth-order valence-corrected chi connectivity index (χ4v) is 4.49. The van der Waals surface area contributed by atoms with Crippen molar-refractivity contribution in [2.75, 3.05) is 18.4 Å². The molecular formula is C24H23N7O6. The third-order valence-electron chi connectivity index (χ3n) is 6.32. The van der Waals surface area contributed by atoms with Crippen molar-refractivity contribution in [2.45, 2.75) is 31.7 Å². The number of carbonyl (C=O) groups is 5. The van der Waals surface area contributed by atoms with E-state index in [2.05, 4.69) is 25.9 Å². The maximum Gasteiger partial charge on any atom is 0.331 e. The Morgan fingerprint density at radius 1 is 1.08 bits per heavy atom. The number of nitrogens with zero attached hydrogens (tertiary/aromatic N) is 3. The number of nitrogens with one attached hydrogen (secondary N) is 4. The summed E-state index contributed by atoms with van der Waals surface area (Å²) in [6.07, 6.45) is 4.36. The first-order chi connectivity index (χ1) is 17.8. The molecule has 0 saturated carbocycles. The van der Waals surface area contributed by atoms with E-state index in [-0.39, 0.29) is 29.7 Å². The van der Waals surface area contributed by atoms with Crippen LogP contribution < -0.4 is 21.6 Å². The molecule has 37 heavy (non-hydrogen) atoms. The van der Waals surface area contributed by atoms with E-state index in [0.29, 0.717) is 37.3 Å². The first-order valence-corrected chi connectivity index (χ1v) is 11.8. The number of hydrogen-bond donors (Lipinski definition) is 4. The van der Waals surface area contributed by atoms with Crippen molar-refractivity contribution in [3.8, 4) is 0 Å². The molecule has 1 atom stereocenters. The van der Waals surface area contributed by atoms with Gasteiger partial charge in [0.25, 0.3) is 17.7 Å². The fourth-order valence-electron chi connectivity index (χ4n) is 4.49. The normalized spacial score (nSPS) is 17.2. The van der Waals surface area contributed by atoms with Gasteiger partial charge in [0.15, 0.2) is 0 Å². The van der Waals surface area contributed by atoms with Gasteiger partial charge in [0.05, 0.1) is 11.1 Å². The number of carbonyl (C=O) groups excluding carboxylic acids is 5. The highest BCUT2D eigenvalue weighted by molar-refractivity contribution is 6.25. The van der Waals surface area contributed by atoms with E-state index in [1.807, 2.05) is 0 Å². The molecule has 0 aliphatic carbocycles. The van der Waals surface area contributed by atoms with Crippen molar-refractivity contribution in [1.82, 2.24) is 29.9 Å². The number of rotatable bonds is 8. The fraction of sp³-hybridized carbons (Fsp3) is 0.292. The molecule has 5 rings (SSSR count). The van der Waals surface area contributed by atoms with Crippen LogP contribution in [0.1, 0.15) is 56.9 Å². The summed E-state index contributed by atoms with van der Waals surface area (Å²) in [5, 5.41) is 8.08. The zero-order valence-electron chi connectivity index (χ0n) is 19.6. The number of aromatic nitrogens is 3. The van der Waals surface area contributed by atoms with Gasteiger partial charge in [0.2, 0.25) is 11.8 Å². The van der Waals surface area contributed by atoms with Crippen LogP contribution in [0.15, 0.2) is 41.5 Å². The Balaban J connectivity index is 1.15. The molecule has 0 spiro atoms. The van der Waals surface area contributed by atoms with Crippen LogP contribution in [0.5, 0.6) is 0 Å². The lowest BCUT2D eigenvalue weighted by molar-refractivity contribution is -0.136. The van der Waals surface area contributed by atoms with Crippen molar-refractivity contribution >= 4 is 40.9 Å². The van der Waals surface area contributed by atoms with Gasteiger partial charge in [-0.15, -0.1) is 0 Å². The van der Waals surface area contributed by atoms with Crippen molar-refractivity contribution in [3.05, 3.63) is 64.0 Å². The van der Waals surface area contributed by atoms with Crippen LogP contribution in [-0.4, -0.2) is 67.9 Å². The van der Waals surface area contributed by atoms with E-state index in [1.54, 1.807) is 12.1 Å². The smallest absolute Gasteiger partial charge is 0.331 e. The minimum Gasteiger partial charge on any atom is -0.384 e. The Labute approximate surface area is 209 Å². The van der Waals surface area contributed by atoms with Gasteiger partial charge in [-0.1, -0.05) is 6.07 Å². The topological polar surface area (TPSA) is 175 Å². The predicted octanol–water partition coefficient (Wildman–Crippen LogP) is 0.0459. The lowest BCUT2D eigenvalue weighted by atomic mass is 10.0. The molecule has 1 aromatic carbocycles. The number of fused-ring (bicyclic) bond motifs is 2. The molecule has 2 aliphatic rings. The molecule has 2 aromatic heterocycles. The summed E-state index contributed by atoms with van der Waals surface area (Å²) < 4.78 is 1.30. The Hall–Kier alpha value is -4.81. The van der Waals surface area contributed by atoms with Crippen LogP contribution in [0.25, 0.3) is 5.65 Å². The molecule has 0 radical (unpaired) electrons. The summed E-state index contributed by atoms with van der Waals surface area (Å²) in [7, 11) is 0. The SMILES string of the molecule is O=C1CCC(N2C(=O)c3cccc(NCCCCNC(=O)c4cc5nccn5c(=O)[nH]4)c3C2=O)C(=O)N1. The van der Waals surface area contributed by atoms with Gasteiger partial charge < -0.3 is 15.6 Å². The van der Waals surface area contributed by atoms with E-state index in [9.17, 15) is 28.8 Å². The van der Waals surface area contributed by atoms with E-state index in [4.69, 9.17) is 0 Å². The predicted molar refractivity (Wildman–Crippen MR) is 129 cm³/mol. The van der Waals surface area contributed by atoms with Gasteiger partial charge >= 0.3 is 5.69 Å². The van der Waals surface area contributed by atoms with Gasteiger partial charge in [-0.2, -0.15) is 0 Å². The Morgan fingerprint density at radius 2 is 1.89 bits per heavy atom. The van der Waals surface area contributed by atoms with Crippen LogP contribution >= 0.6 is 0 Å². The molecular weight excluding hydrogens is 482 g/mol. The van der Waals surface area contributed by atoms with Crippen molar-refractivity contribution in [1.29, 1.82) is 0 Å². The van der Waals surface area contributed by atoms with Crippen LogP contribution in [-0.2, 0) is 9.59 Å². The Kier molecular flexibility index (Phi) is 6.26. The van der Waals surface area contributed by atoms with Crippen LogP contribution in [0.4, 0.5) is 5.69 Å². The molecule has 13 heteroatoms. The summed E-state index contributed by atoms with van der Waals surface area (Å²) in [6.45, 7) is 0.818. The summed E-state index contributed by atoms with van der Waals surface area (Å²) in [4.78, 5) is 81.5. The van der Waals surface area contributed by atoms with Crippen molar-refractivity contribution < 1.29 is 24.0 Å². The minimum absolute atomic E-state index is 0.0551.